The molecule has 0 spiro atoms. The van der Waals surface area contributed by atoms with E-state index in [0.717, 1.165) is 28.3 Å². The fourth-order valence-corrected chi connectivity index (χ4v) is 3.19. The SMILES string of the molecule is Nc1nc(-c2ccc(Cl)c(Cl)c2)nc2c1CSC2. The molecular weight excluding hydrogens is 289 g/mol. The Kier molecular flexibility index (Phi) is 3.09. The summed E-state index contributed by atoms with van der Waals surface area (Å²) in [5.74, 6) is 2.94. The number of anilines is 1. The highest BCUT2D eigenvalue weighted by Gasteiger charge is 2.18. The summed E-state index contributed by atoms with van der Waals surface area (Å²) in [6.07, 6.45) is 0. The molecule has 0 radical (unpaired) electrons. The lowest BCUT2D eigenvalue weighted by atomic mass is 10.2. The predicted octanol–water partition coefficient (Wildman–Crippen LogP) is 3.78. The van der Waals surface area contributed by atoms with Crippen molar-refractivity contribution in [2.45, 2.75) is 11.5 Å². The van der Waals surface area contributed by atoms with Crippen molar-refractivity contribution in [1.29, 1.82) is 0 Å². The molecule has 1 aliphatic heterocycles. The van der Waals surface area contributed by atoms with Gasteiger partial charge >= 0.3 is 0 Å². The van der Waals surface area contributed by atoms with Crippen molar-refractivity contribution in [2.75, 3.05) is 5.73 Å². The van der Waals surface area contributed by atoms with Crippen LogP contribution in [0.15, 0.2) is 18.2 Å². The Morgan fingerprint density at radius 1 is 1.11 bits per heavy atom. The van der Waals surface area contributed by atoms with E-state index in [-0.39, 0.29) is 0 Å². The van der Waals surface area contributed by atoms with E-state index in [9.17, 15) is 0 Å². The van der Waals surface area contributed by atoms with Gasteiger partial charge < -0.3 is 5.73 Å². The van der Waals surface area contributed by atoms with E-state index in [4.69, 9.17) is 28.9 Å². The molecule has 0 saturated carbocycles. The van der Waals surface area contributed by atoms with Crippen LogP contribution in [-0.2, 0) is 11.5 Å². The van der Waals surface area contributed by atoms with Crippen LogP contribution < -0.4 is 5.73 Å². The Morgan fingerprint density at radius 2 is 1.94 bits per heavy atom. The first-order valence-electron chi connectivity index (χ1n) is 5.33. The Labute approximate surface area is 119 Å². The van der Waals surface area contributed by atoms with Gasteiger partial charge in [-0.05, 0) is 18.2 Å². The second-order valence-electron chi connectivity index (χ2n) is 3.98. The highest BCUT2D eigenvalue weighted by molar-refractivity contribution is 7.98. The van der Waals surface area contributed by atoms with Gasteiger partial charge in [0.2, 0.25) is 0 Å². The van der Waals surface area contributed by atoms with Crippen molar-refractivity contribution >= 4 is 40.8 Å². The van der Waals surface area contributed by atoms with Crippen LogP contribution in [0.2, 0.25) is 10.0 Å². The standard InChI is InChI=1S/C12H9Cl2N3S/c13-8-2-1-6(3-9(8)14)12-16-10-5-18-4-7(10)11(15)17-12/h1-3H,4-5H2,(H2,15,16,17). The first-order valence-corrected chi connectivity index (χ1v) is 7.24. The summed E-state index contributed by atoms with van der Waals surface area (Å²) in [7, 11) is 0. The molecule has 18 heavy (non-hydrogen) atoms. The third kappa shape index (κ3) is 2.05. The molecule has 3 rings (SSSR count). The first-order chi connectivity index (χ1) is 8.65. The fourth-order valence-electron chi connectivity index (χ4n) is 1.84. The number of thioether (sulfide) groups is 1. The largest absolute Gasteiger partial charge is 0.383 e. The van der Waals surface area contributed by atoms with Crippen LogP contribution in [0, 0.1) is 0 Å². The third-order valence-electron chi connectivity index (χ3n) is 2.79. The number of nitrogens with two attached hydrogens (primary N) is 1. The van der Waals surface area contributed by atoms with Crippen LogP contribution in [0.1, 0.15) is 11.3 Å². The van der Waals surface area contributed by atoms with Crippen LogP contribution in [-0.4, -0.2) is 9.97 Å². The molecule has 1 aromatic carbocycles. The molecule has 3 nitrogen and oxygen atoms in total. The van der Waals surface area contributed by atoms with Gasteiger partial charge in [-0.1, -0.05) is 23.2 Å². The maximum Gasteiger partial charge on any atom is 0.161 e. The Bertz CT molecular complexity index is 631. The topological polar surface area (TPSA) is 51.8 Å². The zero-order valence-corrected chi connectivity index (χ0v) is 11.6. The number of hydrogen-bond acceptors (Lipinski definition) is 4. The molecule has 1 aliphatic rings. The summed E-state index contributed by atoms with van der Waals surface area (Å²) in [5.41, 5.74) is 8.86. The van der Waals surface area contributed by atoms with Crippen LogP contribution in [0.5, 0.6) is 0 Å². The van der Waals surface area contributed by atoms with E-state index in [1.807, 2.05) is 6.07 Å². The van der Waals surface area contributed by atoms with E-state index in [2.05, 4.69) is 9.97 Å². The highest BCUT2D eigenvalue weighted by Crippen LogP contribution is 2.34. The molecule has 2 aromatic rings. The maximum atomic E-state index is 6.00. The van der Waals surface area contributed by atoms with Crippen molar-refractivity contribution < 1.29 is 0 Å². The molecule has 6 heteroatoms. The first kappa shape index (κ1) is 12.1. The van der Waals surface area contributed by atoms with Crippen molar-refractivity contribution in [3.05, 3.63) is 39.5 Å². The van der Waals surface area contributed by atoms with E-state index in [1.54, 1.807) is 23.9 Å². The molecule has 0 unspecified atom stereocenters. The highest BCUT2D eigenvalue weighted by atomic mass is 35.5. The average Bonchev–Trinajstić information content (AvgIpc) is 2.81. The van der Waals surface area contributed by atoms with Crippen LogP contribution in [0.25, 0.3) is 11.4 Å². The minimum atomic E-state index is 0.492. The Balaban J connectivity index is 2.12. The lowest BCUT2D eigenvalue weighted by molar-refractivity contribution is 1.08. The second-order valence-corrected chi connectivity index (χ2v) is 5.78. The lowest BCUT2D eigenvalue weighted by Gasteiger charge is -2.07. The van der Waals surface area contributed by atoms with E-state index in [0.29, 0.717) is 21.7 Å². The summed E-state index contributed by atoms with van der Waals surface area (Å²) in [5, 5.41) is 1.01. The van der Waals surface area contributed by atoms with E-state index < -0.39 is 0 Å². The normalized spacial score (nSPS) is 13.7. The number of aromatic nitrogens is 2. The van der Waals surface area contributed by atoms with Crippen molar-refractivity contribution in [2.24, 2.45) is 0 Å². The van der Waals surface area contributed by atoms with Crippen LogP contribution >= 0.6 is 35.0 Å². The molecule has 2 N–H and O–H groups in total. The van der Waals surface area contributed by atoms with Crippen molar-refractivity contribution in [3.63, 3.8) is 0 Å². The molecule has 0 bridgehead atoms. The number of benzene rings is 1. The van der Waals surface area contributed by atoms with E-state index >= 15 is 0 Å². The number of nitrogen functional groups attached to an aromatic ring is 1. The number of rotatable bonds is 1. The number of halogens is 2. The van der Waals surface area contributed by atoms with Gasteiger partial charge in [-0.25, -0.2) is 9.97 Å². The summed E-state index contributed by atoms with van der Waals surface area (Å²) in [6, 6.07) is 5.34. The average molecular weight is 298 g/mol. The molecule has 0 fully saturated rings. The quantitative estimate of drug-likeness (QED) is 0.870. The van der Waals surface area contributed by atoms with E-state index in [1.165, 1.54) is 0 Å². The van der Waals surface area contributed by atoms with Gasteiger partial charge in [0.15, 0.2) is 5.82 Å². The minimum Gasteiger partial charge on any atom is -0.383 e. The lowest BCUT2D eigenvalue weighted by Crippen LogP contribution is -2.02. The monoisotopic (exact) mass is 297 g/mol. The zero-order chi connectivity index (χ0) is 12.7. The Hall–Kier alpha value is -0.970. The molecule has 0 aliphatic carbocycles. The van der Waals surface area contributed by atoms with Gasteiger partial charge in [0.1, 0.15) is 5.82 Å². The molecule has 92 valence electrons. The Morgan fingerprint density at radius 3 is 2.72 bits per heavy atom. The maximum absolute atomic E-state index is 6.00. The molecule has 2 heterocycles. The molecular formula is C12H9Cl2N3S. The fraction of sp³-hybridized carbons (Fsp3) is 0.167. The molecule has 0 amide bonds. The summed E-state index contributed by atoms with van der Waals surface area (Å²) < 4.78 is 0. The smallest absolute Gasteiger partial charge is 0.161 e. The summed E-state index contributed by atoms with van der Waals surface area (Å²) in [4.78, 5) is 8.88. The summed E-state index contributed by atoms with van der Waals surface area (Å²) in [6.45, 7) is 0. The van der Waals surface area contributed by atoms with Crippen molar-refractivity contribution in [3.8, 4) is 11.4 Å². The number of fused-ring (bicyclic) bond motifs is 1. The summed E-state index contributed by atoms with van der Waals surface area (Å²) >= 11 is 13.7. The number of hydrogen-bond donors (Lipinski definition) is 1. The molecule has 1 aromatic heterocycles. The van der Waals surface area contributed by atoms with Gasteiger partial charge in [-0.15, -0.1) is 0 Å². The second kappa shape index (κ2) is 4.61. The van der Waals surface area contributed by atoms with Gasteiger partial charge in [-0.3, -0.25) is 0 Å². The van der Waals surface area contributed by atoms with Crippen LogP contribution in [0.3, 0.4) is 0 Å². The van der Waals surface area contributed by atoms with Gasteiger partial charge in [0, 0.05) is 22.6 Å². The third-order valence-corrected chi connectivity index (χ3v) is 4.50. The predicted molar refractivity (Wildman–Crippen MR) is 76.9 cm³/mol. The number of nitrogens with zero attached hydrogens (tertiary/aromatic N) is 2. The van der Waals surface area contributed by atoms with Gasteiger partial charge in [-0.2, -0.15) is 11.8 Å². The molecule has 0 atom stereocenters. The zero-order valence-electron chi connectivity index (χ0n) is 9.28. The van der Waals surface area contributed by atoms with Crippen molar-refractivity contribution in [1.82, 2.24) is 9.97 Å². The van der Waals surface area contributed by atoms with Gasteiger partial charge in [0.05, 0.1) is 15.7 Å². The minimum absolute atomic E-state index is 0.492. The van der Waals surface area contributed by atoms with Crippen LogP contribution in [0.4, 0.5) is 5.82 Å². The van der Waals surface area contributed by atoms with Gasteiger partial charge in [0.25, 0.3) is 0 Å². The molecule has 0 saturated heterocycles.